The van der Waals surface area contributed by atoms with Gasteiger partial charge in [0, 0.05) is 6.42 Å². The van der Waals surface area contributed by atoms with Crippen molar-refractivity contribution in [3.63, 3.8) is 0 Å². The topological polar surface area (TPSA) is 805 Å². The molecule has 5 aliphatic heterocycles. The van der Waals surface area contributed by atoms with Crippen molar-refractivity contribution in [1.29, 1.82) is 0 Å². The lowest BCUT2D eigenvalue weighted by Crippen LogP contribution is -2.38. The molecular weight excluding hydrogens is 1600 g/mol. The van der Waals surface area contributed by atoms with Crippen molar-refractivity contribution < 1.29 is 142 Å². The summed E-state index contributed by atoms with van der Waals surface area (Å²) in [6.45, 7) is -5.75. The smallest absolute Gasteiger partial charge is 0.394 e. The molecule has 22 N–H and O–H groups in total. The molecule has 0 bridgehead atoms. The Morgan fingerprint density at radius 1 is 0.405 bits per heavy atom. The highest BCUT2D eigenvalue weighted by Crippen LogP contribution is 2.56. The quantitative estimate of drug-likeness (QED) is 0.0205. The molecule has 23 atom stereocenters. The first-order valence-electron chi connectivity index (χ1n) is 32.0. The Morgan fingerprint density at radius 3 is 1.05 bits per heavy atom. The minimum absolute atomic E-state index is 0.00903. The first kappa shape index (κ1) is 78.0. The summed E-state index contributed by atoms with van der Waals surface area (Å²) in [5.41, 5.74) is 28.1. The number of hydrogen-bond donors (Lipinski definition) is 17. The van der Waals surface area contributed by atoms with E-state index in [0.29, 0.717) is 0 Å². The Hall–Kier alpha value is -8.30. The Balaban J connectivity index is 0.669. The Labute approximate surface area is 613 Å². The molecule has 61 heteroatoms. The summed E-state index contributed by atoms with van der Waals surface area (Å²) >= 11 is 0. The van der Waals surface area contributed by atoms with Crippen LogP contribution in [0.4, 0.5) is 29.2 Å². The second-order valence-electron chi connectivity index (χ2n) is 24.8. The van der Waals surface area contributed by atoms with Crippen LogP contribution in [0.15, 0.2) is 61.7 Å². The zero-order valence-electron chi connectivity index (χ0n) is 55.6. The Morgan fingerprint density at radius 2 is 0.712 bits per heavy atom. The standard InChI is InChI=1S/C50H62N25O31P5/c51-36-23-40(60-7-56-36)71(11-64-23)22-1-16(17(2-76)97-22)102-108(85,86)93-4-19-33(29(78)47(99-19)73-13-66-25-38(53)58-9-62-42(25)73)104-110(89,90)96-6-21-35(31(80)49(101-21)75-15-68-27-44(75)69-50(55)70-45(27)81)106-111(91,92)95-5-20-34(30(79)48(100-20)74-14-67-26-39(54)59-10-63-43(26)74)105-109(87,88)94-3-18-32(103-107(82,83)84)28(77)46(98-18)72-12-65-24-37(52)57-8-61-41(24)72/h7-22,28-35,46-49,76-80H,1-6H2,(H,85,86)(H,87,88)(H,89,90)(H,91,92)(H2,51,56,60)(H2,52,57,61)(H2,53,58,62)(H2,54,59,63)(H2,82,83,84)(H3,55,69,70,81)/t16-,17+,18+,19+,20+,21+,22+,28+,29+,30+,31+,32+,33+,34+,35+,46+,47+,48+,49+/m0/s1. The van der Waals surface area contributed by atoms with Crippen LogP contribution >= 0.6 is 39.1 Å². The second kappa shape index (κ2) is 29.9. The number of anilines is 5. The van der Waals surface area contributed by atoms with Gasteiger partial charge in [0.1, 0.15) is 139 Å². The third kappa shape index (κ3) is 15.5. The van der Waals surface area contributed by atoms with Gasteiger partial charge in [0.05, 0.1) is 64.7 Å². The number of nitrogens with two attached hydrogens (primary N) is 5. The molecule has 5 fully saturated rings. The number of H-pyrrole nitrogens is 1. The van der Waals surface area contributed by atoms with Crippen molar-refractivity contribution in [3.05, 3.63) is 67.3 Å². The number of imidazole rings is 5. The fourth-order valence-electron chi connectivity index (χ4n) is 13.0. The van der Waals surface area contributed by atoms with Crippen molar-refractivity contribution in [2.75, 3.05) is 61.7 Å². The highest BCUT2D eigenvalue weighted by atomic mass is 31.2. The number of phosphoric acid groups is 5. The van der Waals surface area contributed by atoms with Crippen LogP contribution in [0.3, 0.4) is 0 Å². The van der Waals surface area contributed by atoms with Crippen molar-refractivity contribution in [3.8, 4) is 0 Å². The Kier molecular flexibility index (Phi) is 21.0. The van der Waals surface area contributed by atoms with Gasteiger partial charge in [0.2, 0.25) is 5.95 Å². The molecule has 5 saturated heterocycles. The van der Waals surface area contributed by atoms with Crippen LogP contribution in [-0.2, 0) is 87.2 Å². The van der Waals surface area contributed by atoms with Gasteiger partial charge in [-0.2, -0.15) is 4.98 Å². The zero-order chi connectivity index (χ0) is 78.7. The minimum Gasteiger partial charge on any atom is -0.394 e. The number of fused-ring (bicyclic) bond motifs is 5. The van der Waals surface area contributed by atoms with Crippen LogP contribution in [0.5, 0.6) is 0 Å². The minimum atomic E-state index is -5.90. The molecule has 4 unspecified atom stereocenters. The van der Waals surface area contributed by atoms with E-state index in [4.69, 9.17) is 93.1 Å². The van der Waals surface area contributed by atoms with Crippen LogP contribution in [0.1, 0.15) is 37.6 Å². The van der Waals surface area contributed by atoms with Gasteiger partial charge in [-0.15, -0.1) is 0 Å². The average molecular weight is 1660 g/mol. The van der Waals surface area contributed by atoms with Crippen molar-refractivity contribution in [2.24, 2.45) is 0 Å². The molecule has 15 rings (SSSR count). The maximum atomic E-state index is 14.5. The maximum Gasteiger partial charge on any atom is 0.472 e. The average Bonchev–Trinajstić information content (AvgIpc) is 1.63. The van der Waals surface area contributed by atoms with Crippen LogP contribution in [-0.4, -0.2) is 271 Å². The van der Waals surface area contributed by atoms with E-state index in [1.807, 2.05) is 0 Å². The van der Waals surface area contributed by atoms with E-state index in [1.165, 1.54) is 10.9 Å². The van der Waals surface area contributed by atoms with Crippen molar-refractivity contribution in [2.45, 2.75) is 123 Å². The van der Waals surface area contributed by atoms with Crippen molar-refractivity contribution >= 4 is 124 Å². The second-order valence-corrected chi connectivity index (χ2v) is 31.7. The van der Waals surface area contributed by atoms with E-state index in [-0.39, 0.29) is 80.0 Å². The molecule has 10 aromatic heterocycles. The van der Waals surface area contributed by atoms with Gasteiger partial charge in [-0.1, -0.05) is 0 Å². The zero-order valence-corrected chi connectivity index (χ0v) is 60.1. The Bertz CT molecular complexity index is 5490. The normalized spacial score (nSPS) is 30.8. The molecular formula is C50H62N25O31P5. The lowest BCUT2D eigenvalue weighted by Gasteiger charge is -2.27. The van der Waals surface area contributed by atoms with Crippen molar-refractivity contribution in [1.82, 2.24) is 97.6 Å². The first-order chi connectivity index (χ1) is 52.6. The predicted octanol–water partition coefficient (Wildman–Crippen LogP) is -4.81. The number of aliphatic hydroxyl groups is 5. The van der Waals surface area contributed by atoms with E-state index in [2.05, 4.69) is 74.8 Å². The summed E-state index contributed by atoms with van der Waals surface area (Å²) in [6.07, 6.45) is -26.6. The number of hydrogen-bond acceptors (Lipinski definition) is 44. The fourth-order valence-corrected chi connectivity index (χ4v) is 17.4. The molecule has 56 nitrogen and oxygen atoms in total. The van der Waals surface area contributed by atoms with E-state index >= 15 is 0 Å². The summed E-state index contributed by atoms with van der Waals surface area (Å²) in [5.74, 6) is -0.880. The van der Waals surface area contributed by atoms with Gasteiger partial charge in [-0.25, -0.2) is 87.6 Å². The fraction of sp³-hybridized carbons (Fsp3) is 0.500. The number of aliphatic hydroxyl groups excluding tert-OH is 5. The number of nitrogen functional groups attached to an aromatic ring is 5. The van der Waals surface area contributed by atoms with E-state index in [0.717, 1.165) is 68.9 Å². The van der Waals surface area contributed by atoms with Gasteiger partial charge in [-0.05, 0) is 0 Å². The van der Waals surface area contributed by atoms with Crippen LogP contribution in [0.25, 0.3) is 55.8 Å². The number of nitrogens with one attached hydrogen (secondary N) is 1. The van der Waals surface area contributed by atoms with Crippen LogP contribution < -0.4 is 34.2 Å². The lowest BCUT2D eigenvalue weighted by atomic mass is 10.1. The lowest BCUT2D eigenvalue weighted by molar-refractivity contribution is -0.0641. The van der Waals surface area contributed by atoms with Gasteiger partial charge < -0.3 is 107 Å². The number of nitrogens with zero attached hydrogens (tertiary/aromatic N) is 19. The molecule has 0 amide bonds. The molecule has 0 radical (unpaired) electrons. The molecule has 15 heterocycles. The molecule has 598 valence electrons. The summed E-state index contributed by atoms with van der Waals surface area (Å²) in [6, 6.07) is 0. The number of aromatic nitrogens is 20. The molecule has 0 aliphatic carbocycles. The predicted molar refractivity (Wildman–Crippen MR) is 356 cm³/mol. The summed E-state index contributed by atoms with van der Waals surface area (Å²) in [7, 11) is -28.4. The van der Waals surface area contributed by atoms with Gasteiger partial charge in [-0.3, -0.25) is 73.3 Å². The molecule has 0 spiro atoms. The highest BCUT2D eigenvalue weighted by molar-refractivity contribution is 7.48. The largest absolute Gasteiger partial charge is 0.472 e. The summed E-state index contributed by atoms with van der Waals surface area (Å²) < 4.78 is 153. The monoisotopic (exact) mass is 1660 g/mol. The van der Waals surface area contributed by atoms with Gasteiger partial charge in [0.25, 0.3) is 5.56 Å². The van der Waals surface area contributed by atoms with Gasteiger partial charge in [0.15, 0.2) is 81.9 Å². The first-order valence-corrected chi connectivity index (χ1v) is 39.6. The van der Waals surface area contributed by atoms with E-state index in [1.54, 1.807) is 0 Å². The third-order valence-corrected chi connectivity index (χ3v) is 22.4. The number of aromatic amines is 1. The highest BCUT2D eigenvalue weighted by Gasteiger charge is 2.57. The molecule has 10 aromatic rings. The maximum absolute atomic E-state index is 14.5. The number of phosphoric ester groups is 5. The van der Waals surface area contributed by atoms with Crippen LogP contribution in [0, 0.1) is 0 Å². The number of rotatable bonds is 28. The molecule has 111 heavy (non-hydrogen) atoms. The third-order valence-electron chi connectivity index (χ3n) is 17.9. The number of ether oxygens (including phenoxy) is 5. The van der Waals surface area contributed by atoms with Gasteiger partial charge >= 0.3 is 39.1 Å². The summed E-state index contributed by atoms with van der Waals surface area (Å²) in [5, 5.41) is 57.8. The molecule has 0 saturated carbocycles. The van der Waals surface area contributed by atoms with E-state index < -0.39 is 206 Å². The molecule has 0 aromatic carbocycles. The summed E-state index contributed by atoms with van der Waals surface area (Å²) in [4.78, 5) is 137. The van der Waals surface area contributed by atoms with E-state index in [9.17, 15) is 82.5 Å². The SMILES string of the molecule is Nc1nc2c(ncn2[C@@H]2O[C@H](COP(=O)(O)O[C@H]3[C@@H](O)[C@H](n4cnc5c(N)ncnc54)O[C@@H]3COP(=O)(O)O[C@H]3C[C@H](n4cnc5c(N)ncnc54)O[C@@H]3CO)[C@@H](OP(=O)(O)OC[C@H]3O[C@@H](n4cnc5c(N)ncnc54)[C@H](O)[C@@H]3OP(=O)(O)OC[C@H]3O[C@@H](n4cnc5c(N)ncnc54)[C@H](O)[C@@H]3OP(=O)(O)O)[C@H]2O)c(=O)[nH]1. The molecule has 5 aliphatic rings. The van der Waals surface area contributed by atoms with Crippen LogP contribution in [0.2, 0.25) is 0 Å².